The molecule has 9 nitrogen and oxygen atoms in total. The van der Waals surface area contributed by atoms with Crippen LogP contribution in [0.2, 0.25) is 0 Å². The number of rotatable bonds is 2. The van der Waals surface area contributed by atoms with Crippen molar-refractivity contribution in [1.29, 1.82) is 0 Å². The number of halogens is 3. The summed E-state index contributed by atoms with van der Waals surface area (Å²) in [5.74, 6) is -0.223. The number of hydrogen-bond donors (Lipinski definition) is 1. The average molecular weight is 455 g/mol. The topological polar surface area (TPSA) is 120 Å². The van der Waals surface area contributed by atoms with Crippen LogP contribution in [0, 0.1) is 0 Å². The van der Waals surface area contributed by atoms with Gasteiger partial charge in [-0.1, -0.05) is 6.07 Å². The van der Waals surface area contributed by atoms with Gasteiger partial charge in [0.1, 0.15) is 23.2 Å². The summed E-state index contributed by atoms with van der Waals surface area (Å²) in [6.45, 7) is 0.0514. The van der Waals surface area contributed by atoms with Crippen LogP contribution in [0.15, 0.2) is 36.9 Å². The highest BCUT2D eigenvalue weighted by Crippen LogP contribution is 2.34. The number of nitrogens with zero attached hydrogens (tertiary/aromatic N) is 6. The first kappa shape index (κ1) is 20.9. The zero-order valence-electron chi connectivity index (χ0n) is 17.2. The van der Waals surface area contributed by atoms with E-state index in [1.54, 1.807) is 12.3 Å². The second-order valence-corrected chi connectivity index (χ2v) is 7.55. The molecule has 2 N–H and O–H groups in total. The Hall–Kier alpha value is -3.93. The molecular formula is C21H16F3N7O2. The van der Waals surface area contributed by atoms with Gasteiger partial charge in [-0.3, -0.25) is 4.79 Å². The van der Waals surface area contributed by atoms with Crippen LogP contribution in [0.5, 0.6) is 0 Å². The number of likely N-dealkylation sites (N-methyl/N-ethyl adjacent to an activating group) is 1. The van der Waals surface area contributed by atoms with Gasteiger partial charge in [0.05, 0.1) is 36.7 Å². The minimum absolute atomic E-state index is 0.0644. The zero-order chi connectivity index (χ0) is 23.3. The molecule has 1 atom stereocenters. The predicted octanol–water partition coefficient (Wildman–Crippen LogP) is 2.91. The molecule has 168 valence electrons. The van der Waals surface area contributed by atoms with E-state index in [2.05, 4.69) is 24.9 Å². The maximum atomic E-state index is 13.3. The van der Waals surface area contributed by atoms with Gasteiger partial charge in [0.25, 0.3) is 5.91 Å². The van der Waals surface area contributed by atoms with Crippen LogP contribution in [-0.2, 0) is 17.5 Å². The smallest absolute Gasteiger partial charge is 0.382 e. The quantitative estimate of drug-likeness (QED) is 0.458. The second-order valence-electron chi connectivity index (χ2n) is 7.55. The number of nitrogen functional groups attached to an aromatic ring is 1. The Morgan fingerprint density at radius 1 is 1.18 bits per heavy atom. The lowest BCUT2D eigenvalue weighted by Gasteiger charge is -2.32. The summed E-state index contributed by atoms with van der Waals surface area (Å²) >= 11 is 0. The summed E-state index contributed by atoms with van der Waals surface area (Å²) in [7, 11) is 1.54. The van der Waals surface area contributed by atoms with Crippen molar-refractivity contribution < 1.29 is 22.7 Å². The van der Waals surface area contributed by atoms with Gasteiger partial charge in [-0.15, -0.1) is 0 Å². The van der Waals surface area contributed by atoms with E-state index in [1.165, 1.54) is 30.5 Å². The third kappa shape index (κ3) is 3.57. The van der Waals surface area contributed by atoms with Gasteiger partial charge in [0.2, 0.25) is 0 Å². The highest BCUT2D eigenvalue weighted by Gasteiger charge is 2.35. The van der Waals surface area contributed by atoms with E-state index in [9.17, 15) is 18.0 Å². The zero-order valence-corrected chi connectivity index (χ0v) is 17.2. The minimum Gasteiger partial charge on any atom is -0.382 e. The average Bonchev–Trinajstić information content (AvgIpc) is 2.82. The number of ether oxygens (including phenoxy) is 1. The Morgan fingerprint density at radius 3 is 2.79 bits per heavy atom. The first-order valence-electron chi connectivity index (χ1n) is 9.81. The molecule has 0 fully saturated rings. The van der Waals surface area contributed by atoms with Crippen LogP contribution in [-0.4, -0.2) is 49.4 Å². The molecule has 12 heteroatoms. The van der Waals surface area contributed by atoms with E-state index in [0.29, 0.717) is 27.4 Å². The van der Waals surface area contributed by atoms with Crippen molar-refractivity contribution in [3.8, 4) is 0 Å². The first-order valence-corrected chi connectivity index (χ1v) is 9.81. The summed E-state index contributed by atoms with van der Waals surface area (Å²) < 4.78 is 44.5. The first-order chi connectivity index (χ1) is 15.7. The summed E-state index contributed by atoms with van der Waals surface area (Å²) in [6, 6.07) is 3.19. The summed E-state index contributed by atoms with van der Waals surface area (Å²) in [5, 5.41) is 1.22. The number of alkyl halides is 3. The summed E-state index contributed by atoms with van der Waals surface area (Å²) in [6.07, 6.45) is -0.202. The molecule has 4 aromatic heterocycles. The van der Waals surface area contributed by atoms with Crippen molar-refractivity contribution in [2.75, 3.05) is 19.4 Å². The Morgan fingerprint density at radius 2 is 2.00 bits per heavy atom. The van der Waals surface area contributed by atoms with Crippen molar-refractivity contribution in [2.24, 2.45) is 0 Å². The third-order valence-electron chi connectivity index (χ3n) is 5.55. The molecule has 1 aliphatic rings. The molecule has 1 amide bonds. The molecule has 0 saturated heterocycles. The van der Waals surface area contributed by atoms with E-state index in [1.807, 2.05) is 0 Å². The van der Waals surface area contributed by atoms with Gasteiger partial charge in [0, 0.05) is 29.6 Å². The van der Waals surface area contributed by atoms with Gasteiger partial charge in [-0.2, -0.15) is 13.2 Å². The lowest BCUT2D eigenvalue weighted by atomic mass is 10.0. The molecule has 0 bridgehead atoms. The molecular weight excluding hydrogens is 439 g/mol. The molecule has 4 aromatic rings. The normalized spacial score (nSPS) is 16.1. The number of fused-ring (bicyclic) bond motifs is 4. The van der Waals surface area contributed by atoms with Gasteiger partial charge < -0.3 is 15.4 Å². The fraction of sp³-hybridized carbons (Fsp3) is 0.238. The second kappa shape index (κ2) is 7.59. The van der Waals surface area contributed by atoms with Crippen LogP contribution in [0.3, 0.4) is 0 Å². The lowest BCUT2D eigenvalue weighted by Crippen LogP contribution is -2.37. The summed E-state index contributed by atoms with van der Waals surface area (Å²) in [4.78, 5) is 35.0. The maximum absolute atomic E-state index is 13.3. The van der Waals surface area contributed by atoms with E-state index in [4.69, 9.17) is 10.5 Å². The molecule has 0 spiro atoms. The molecule has 1 aliphatic heterocycles. The molecule has 0 saturated carbocycles. The summed E-state index contributed by atoms with van der Waals surface area (Å²) in [5.41, 5.74) is 6.65. The van der Waals surface area contributed by atoms with Gasteiger partial charge in [-0.05, 0) is 12.1 Å². The molecule has 0 aromatic carbocycles. The van der Waals surface area contributed by atoms with Gasteiger partial charge in [0.15, 0.2) is 5.82 Å². The molecule has 33 heavy (non-hydrogen) atoms. The monoisotopic (exact) mass is 455 g/mol. The minimum atomic E-state index is -4.57. The van der Waals surface area contributed by atoms with Crippen LogP contribution >= 0.6 is 0 Å². The highest BCUT2D eigenvalue weighted by molar-refractivity contribution is 6.09. The highest BCUT2D eigenvalue weighted by atomic mass is 19.4. The Labute approximate surface area is 184 Å². The number of carbonyl (C=O) groups excluding carboxylic acids is 1. The Bertz CT molecular complexity index is 1410. The van der Waals surface area contributed by atoms with Crippen LogP contribution in [0.4, 0.5) is 19.0 Å². The fourth-order valence-corrected chi connectivity index (χ4v) is 3.87. The van der Waals surface area contributed by atoms with E-state index < -0.39 is 23.8 Å². The van der Waals surface area contributed by atoms with E-state index in [0.717, 1.165) is 6.07 Å². The molecule has 0 unspecified atom stereocenters. The molecule has 0 radical (unpaired) electrons. The largest absolute Gasteiger partial charge is 0.433 e. The Kier molecular flexibility index (Phi) is 4.81. The lowest BCUT2D eigenvalue weighted by molar-refractivity contribution is -0.141. The number of carbonyl (C=O) groups is 1. The number of anilines is 1. The molecule has 0 aliphatic carbocycles. The number of hydrogen-bond acceptors (Lipinski definition) is 8. The van der Waals surface area contributed by atoms with Crippen LogP contribution in [0.25, 0.3) is 21.8 Å². The van der Waals surface area contributed by atoms with Crippen molar-refractivity contribution in [1.82, 2.24) is 29.8 Å². The fourth-order valence-electron chi connectivity index (χ4n) is 3.87. The van der Waals surface area contributed by atoms with Crippen molar-refractivity contribution in [3.05, 3.63) is 59.6 Å². The van der Waals surface area contributed by atoms with E-state index in [-0.39, 0.29) is 30.4 Å². The van der Waals surface area contributed by atoms with Crippen molar-refractivity contribution >= 4 is 33.5 Å². The maximum Gasteiger partial charge on any atom is 0.433 e. The number of nitrogens with two attached hydrogens (primary N) is 1. The SMILES string of the molecule is CN(C(=O)c1cc2c(cn1)nc(N)c1ncncc12)[C@@H]1COCc2nc(C(F)(F)F)ccc21. The van der Waals surface area contributed by atoms with E-state index >= 15 is 0 Å². The van der Waals surface area contributed by atoms with Crippen molar-refractivity contribution in [2.45, 2.75) is 18.8 Å². The van der Waals surface area contributed by atoms with Crippen molar-refractivity contribution in [3.63, 3.8) is 0 Å². The standard InChI is InChI=1S/C21H16F3N7O2/c1-31(16-8-33-7-15-10(16)2-3-17(29-15)21(22,23)24)20(32)13-4-11-12-5-26-9-28-18(12)19(25)30-14(11)6-27-13/h2-6,9,16H,7-8H2,1H3,(H2,25,30)/t16-/m1/s1. The Balaban J connectivity index is 1.52. The van der Waals surface area contributed by atoms with Crippen LogP contribution < -0.4 is 5.73 Å². The molecule has 5 rings (SSSR count). The van der Waals surface area contributed by atoms with Gasteiger partial charge in [-0.25, -0.2) is 24.9 Å². The number of amides is 1. The number of pyridine rings is 3. The third-order valence-corrected chi connectivity index (χ3v) is 5.55. The number of aromatic nitrogens is 5. The molecule has 5 heterocycles. The van der Waals surface area contributed by atoms with Crippen LogP contribution in [0.1, 0.15) is 33.5 Å². The predicted molar refractivity (Wildman–Crippen MR) is 111 cm³/mol. The van der Waals surface area contributed by atoms with Gasteiger partial charge >= 0.3 is 6.18 Å².